The molecule has 0 aromatic heterocycles. The van der Waals surface area contributed by atoms with Gasteiger partial charge in [-0.2, -0.15) is 0 Å². The van der Waals surface area contributed by atoms with Crippen LogP contribution >= 0.6 is 0 Å². The van der Waals surface area contributed by atoms with Crippen molar-refractivity contribution >= 4 is 16.9 Å². The summed E-state index contributed by atoms with van der Waals surface area (Å²) in [6.07, 6.45) is -0.665. The Bertz CT molecular complexity index is 584. The fourth-order valence-corrected chi connectivity index (χ4v) is 1.48. The molecule has 0 fully saturated rings. The van der Waals surface area contributed by atoms with Crippen molar-refractivity contribution in [2.24, 2.45) is 0 Å². The average molecular weight is 237 g/mol. The van der Waals surface area contributed by atoms with E-state index in [9.17, 15) is 13.6 Å². The van der Waals surface area contributed by atoms with Crippen LogP contribution in [0.3, 0.4) is 0 Å². The predicted molar refractivity (Wildman–Crippen MR) is 58.9 cm³/mol. The summed E-state index contributed by atoms with van der Waals surface area (Å²) in [4.78, 5) is 11.1. The Morgan fingerprint density at radius 1 is 1.24 bits per heavy atom. The van der Waals surface area contributed by atoms with Gasteiger partial charge in [0, 0.05) is 12.4 Å². The standard InChI is InChI=1S/C12H9F2NO2/c1-15-12(16)17-11-4-2-3-7-5-9(13)10(14)6-8(7)11/h2-6H,1H3,(H,15,16). The van der Waals surface area contributed by atoms with E-state index in [1.165, 1.54) is 13.1 Å². The molecule has 0 radical (unpaired) electrons. The number of carbonyl (C=O) groups is 1. The van der Waals surface area contributed by atoms with Crippen molar-refractivity contribution in [1.29, 1.82) is 0 Å². The van der Waals surface area contributed by atoms with Crippen LogP contribution in [0, 0.1) is 11.6 Å². The molecule has 0 heterocycles. The van der Waals surface area contributed by atoms with Crippen LogP contribution in [0.25, 0.3) is 10.8 Å². The lowest BCUT2D eigenvalue weighted by atomic mass is 10.1. The van der Waals surface area contributed by atoms with Gasteiger partial charge >= 0.3 is 6.09 Å². The number of nitrogens with one attached hydrogen (secondary N) is 1. The molecule has 5 heteroatoms. The highest BCUT2D eigenvalue weighted by atomic mass is 19.2. The maximum absolute atomic E-state index is 13.1. The van der Waals surface area contributed by atoms with E-state index in [1.807, 2.05) is 0 Å². The summed E-state index contributed by atoms with van der Waals surface area (Å²) in [6, 6.07) is 6.77. The molecular formula is C12H9F2NO2. The molecule has 2 aromatic carbocycles. The van der Waals surface area contributed by atoms with Crippen LogP contribution in [0.2, 0.25) is 0 Å². The molecule has 2 rings (SSSR count). The largest absolute Gasteiger partial charge is 0.412 e. The maximum atomic E-state index is 13.1. The number of halogens is 2. The minimum Gasteiger partial charge on any atom is -0.410 e. The van der Waals surface area contributed by atoms with Gasteiger partial charge in [-0.3, -0.25) is 0 Å². The van der Waals surface area contributed by atoms with Gasteiger partial charge in [0.2, 0.25) is 0 Å². The molecule has 0 unspecified atom stereocenters. The zero-order chi connectivity index (χ0) is 12.4. The minimum absolute atomic E-state index is 0.181. The van der Waals surface area contributed by atoms with Crippen molar-refractivity contribution in [3.05, 3.63) is 42.0 Å². The third kappa shape index (κ3) is 2.18. The Kier molecular flexibility index (Phi) is 2.91. The number of rotatable bonds is 1. The molecule has 1 amide bonds. The fourth-order valence-electron chi connectivity index (χ4n) is 1.48. The second-order valence-electron chi connectivity index (χ2n) is 3.38. The van der Waals surface area contributed by atoms with E-state index in [0.717, 1.165) is 12.1 Å². The van der Waals surface area contributed by atoms with Crippen molar-refractivity contribution in [2.75, 3.05) is 7.05 Å². The molecule has 0 aliphatic rings. The highest BCUT2D eigenvalue weighted by Crippen LogP contribution is 2.27. The molecule has 2 aromatic rings. The van der Waals surface area contributed by atoms with Crippen molar-refractivity contribution in [3.8, 4) is 5.75 Å². The highest BCUT2D eigenvalue weighted by molar-refractivity contribution is 5.90. The van der Waals surface area contributed by atoms with Gasteiger partial charge in [-0.15, -0.1) is 0 Å². The normalized spacial score (nSPS) is 10.3. The summed E-state index contributed by atoms with van der Waals surface area (Å²) >= 11 is 0. The number of carbonyl (C=O) groups excluding carboxylic acids is 1. The number of hydrogen-bond donors (Lipinski definition) is 1. The van der Waals surface area contributed by atoms with Gasteiger partial charge < -0.3 is 10.1 Å². The Balaban J connectivity index is 2.56. The molecule has 3 nitrogen and oxygen atoms in total. The first-order chi connectivity index (χ1) is 8.11. The average Bonchev–Trinajstić information content (AvgIpc) is 2.31. The summed E-state index contributed by atoms with van der Waals surface area (Å²) < 4.78 is 31.1. The second kappa shape index (κ2) is 4.37. The van der Waals surface area contributed by atoms with Crippen molar-refractivity contribution < 1.29 is 18.3 Å². The molecule has 17 heavy (non-hydrogen) atoms. The Morgan fingerprint density at radius 2 is 1.94 bits per heavy atom. The van der Waals surface area contributed by atoms with Crippen LogP contribution < -0.4 is 10.1 Å². The lowest BCUT2D eigenvalue weighted by molar-refractivity contribution is 0.203. The third-order valence-electron chi connectivity index (χ3n) is 2.29. The molecule has 0 bridgehead atoms. The van der Waals surface area contributed by atoms with Gasteiger partial charge in [-0.25, -0.2) is 13.6 Å². The van der Waals surface area contributed by atoms with Crippen molar-refractivity contribution in [3.63, 3.8) is 0 Å². The lowest BCUT2D eigenvalue weighted by Crippen LogP contribution is -2.22. The zero-order valence-corrected chi connectivity index (χ0v) is 8.96. The van der Waals surface area contributed by atoms with E-state index in [0.29, 0.717) is 10.8 Å². The fraction of sp³-hybridized carbons (Fsp3) is 0.0833. The first kappa shape index (κ1) is 11.3. The zero-order valence-electron chi connectivity index (χ0n) is 8.96. The van der Waals surface area contributed by atoms with E-state index in [2.05, 4.69) is 5.32 Å². The first-order valence-corrected chi connectivity index (χ1v) is 4.89. The maximum Gasteiger partial charge on any atom is 0.412 e. The molecule has 0 spiro atoms. The van der Waals surface area contributed by atoms with E-state index in [1.54, 1.807) is 12.1 Å². The van der Waals surface area contributed by atoms with Gasteiger partial charge in [0.25, 0.3) is 0 Å². The Morgan fingerprint density at radius 3 is 2.65 bits per heavy atom. The molecule has 0 atom stereocenters. The molecule has 0 aliphatic heterocycles. The topological polar surface area (TPSA) is 38.3 Å². The summed E-state index contributed by atoms with van der Waals surface area (Å²) in [6.45, 7) is 0. The number of amides is 1. The van der Waals surface area contributed by atoms with E-state index in [4.69, 9.17) is 4.74 Å². The van der Waals surface area contributed by atoms with Crippen LogP contribution in [0.1, 0.15) is 0 Å². The van der Waals surface area contributed by atoms with E-state index in [-0.39, 0.29) is 5.75 Å². The Hall–Kier alpha value is -2.17. The van der Waals surface area contributed by atoms with Crippen molar-refractivity contribution in [2.45, 2.75) is 0 Å². The van der Waals surface area contributed by atoms with Crippen LogP contribution in [-0.4, -0.2) is 13.1 Å². The van der Waals surface area contributed by atoms with Gasteiger partial charge in [0.15, 0.2) is 11.6 Å². The minimum atomic E-state index is -0.981. The molecule has 0 saturated carbocycles. The summed E-state index contributed by atoms with van der Waals surface area (Å²) in [5.74, 6) is -1.74. The van der Waals surface area contributed by atoms with Gasteiger partial charge in [-0.1, -0.05) is 12.1 Å². The van der Waals surface area contributed by atoms with Gasteiger partial charge in [0.05, 0.1) is 0 Å². The second-order valence-corrected chi connectivity index (χ2v) is 3.38. The molecule has 1 N–H and O–H groups in total. The molecule has 0 saturated heterocycles. The predicted octanol–water partition coefficient (Wildman–Crippen LogP) is 2.84. The van der Waals surface area contributed by atoms with Gasteiger partial charge in [0.1, 0.15) is 5.75 Å². The third-order valence-corrected chi connectivity index (χ3v) is 2.29. The molecule has 0 aliphatic carbocycles. The quantitative estimate of drug-likeness (QED) is 0.828. The van der Waals surface area contributed by atoms with E-state index < -0.39 is 17.7 Å². The first-order valence-electron chi connectivity index (χ1n) is 4.89. The van der Waals surface area contributed by atoms with Crippen LogP contribution in [0.15, 0.2) is 30.3 Å². The number of benzene rings is 2. The summed E-state index contributed by atoms with van der Waals surface area (Å²) in [5, 5.41) is 3.08. The van der Waals surface area contributed by atoms with Gasteiger partial charge in [-0.05, 0) is 23.6 Å². The van der Waals surface area contributed by atoms with Crippen LogP contribution in [0.4, 0.5) is 13.6 Å². The number of ether oxygens (including phenoxy) is 1. The lowest BCUT2D eigenvalue weighted by Gasteiger charge is -2.07. The number of hydrogen-bond acceptors (Lipinski definition) is 2. The van der Waals surface area contributed by atoms with E-state index >= 15 is 0 Å². The van der Waals surface area contributed by atoms with Crippen LogP contribution in [-0.2, 0) is 0 Å². The van der Waals surface area contributed by atoms with Crippen LogP contribution in [0.5, 0.6) is 5.75 Å². The summed E-state index contributed by atoms with van der Waals surface area (Å²) in [5.41, 5.74) is 0. The monoisotopic (exact) mass is 237 g/mol. The molecular weight excluding hydrogens is 228 g/mol. The molecule has 88 valence electrons. The smallest absolute Gasteiger partial charge is 0.410 e. The number of fused-ring (bicyclic) bond motifs is 1. The Labute approximate surface area is 96.0 Å². The SMILES string of the molecule is CNC(=O)Oc1cccc2cc(F)c(F)cc12. The van der Waals surface area contributed by atoms with Crippen molar-refractivity contribution in [1.82, 2.24) is 5.32 Å². The summed E-state index contributed by atoms with van der Waals surface area (Å²) in [7, 11) is 1.41. The highest BCUT2D eigenvalue weighted by Gasteiger charge is 2.10.